The van der Waals surface area contributed by atoms with E-state index in [4.69, 9.17) is 13.6 Å². The Kier molecular flexibility index (Phi) is 6.31. The average Bonchev–Trinajstić information content (AvgIpc) is 3.54. The molecule has 0 unspecified atom stereocenters. The van der Waals surface area contributed by atoms with E-state index >= 15 is 0 Å². The van der Waals surface area contributed by atoms with Gasteiger partial charge in [0.15, 0.2) is 11.5 Å². The van der Waals surface area contributed by atoms with Crippen LogP contribution in [0, 0.1) is 0 Å². The Labute approximate surface area is 172 Å². The van der Waals surface area contributed by atoms with Gasteiger partial charge in [0.1, 0.15) is 12.5 Å². The highest BCUT2D eigenvalue weighted by atomic mass is 16.5. The van der Waals surface area contributed by atoms with Crippen molar-refractivity contribution in [2.45, 2.75) is 19.5 Å². The summed E-state index contributed by atoms with van der Waals surface area (Å²) in [5, 5.41) is 14.2. The molecule has 3 aromatic heterocycles. The van der Waals surface area contributed by atoms with Crippen LogP contribution in [0.1, 0.15) is 28.0 Å². The molecule has 0 bridgehead atoms. The van der Waals surface area contributed by atoms with Gasteiger partial charge in [-0.3, -0.25) is 9.69 Å². The van der Waals surface area contributed by atoms with Crippen LogP contribution in [0.25, 0.3) is 11.3 Å². The molecule has 9 nitrogen and oxygen atoms in total. The fourth-order valence-electron chi connectivity index (χ4n) is 3.06. The van der Waals surface area contributed by atoms with E-state index in [1.165, 1.54) is 0 Å². The molecule has 30 heavy (non-hydrogen) atoms. The van der Waals surface area contributed by atoms with E-state index in [1.54, 1.807) is 31.0 Å². The molecule has 4 rings (SSSR count). The second-order valence-corrected chi connectivity index (χ2v) is 6.83. The van der Waals surface area contributed by atoms with Gasteiger partial charge in [-0.1, -0.05) is 45.8 Å². The van der Waals surface area contributed by atoms with Crippen molar-refractivity contribution < 1.29 is 18.4 Å². The molecular weight excluding hydrogens is 386 g/mol. The highest BCUT2D eigenvalue weighted by Crippen LogP contribution is 2.19. The number of carbonyl (C=O) groups excluding carboxylic acids is 1. The minimum atomic E-state index is -0.259. The average molecular weight is 407 g/mol. The summed E-state index contributed by atoms with van der Waals surface area (Å²) in [6, 6.07) is 11.2. The Morgan fingerprint density at radius 1 is 1.00 bits per heavy atom. The smallest absolute Gasteiger partial charge is 0.273 e. The predicted octanol–water partition coefficient (Wildman–Crippen LogP) is 3.14. The van der Waals surface area contributed by atoms with Gasteiger partial charge in [0, 0.05) is 48.9 Å². The van der Waals surface area contributed by atoms with Crippen molar-refractivity contribution >= 4 is 5.91 Å². The number of carbonyl (C=O) groups is 1. The van der Waals surface area contributed by atoms with E-state index in [0.29, 0.717) is 25.4 Å². The number of amides is 1. The van der Waals surface area contributed by atoms with Crippen molar-refractivity contribution in [2.75, 3.05) is 13.1 Å². The highest BCUT2D eigenvalue weighted by molar-refractivity contribution is 5.93. The van der Waals surface area contributed by atoms with Crippen LogP contribution in [-0.4, -0.2) is 39.4 Å². The molecule has 0 saturated heterocycles. The van der Waals surface area contributed by atoms with E-state index in [2.05, 4.69) is 25.7 Å². The topological polar surface area (TPSA) is 110 Å². The summed E-state index contributed by atoms with van der Waals surface area (Å²) in [6.45, 7) is 2.61. The summed E-state index contributed by atoms with van der Waals surface area (Å²) in [5.41, 5.74) is 3.10. The fourth-order valence-corrected chi connectivity index (χ4v) is 3.06. The van der Waals surface area contributed by atoms with E-state index in [-0.39, 0.29) is 11.6 Å². The first kappa shape index (κ1) is 19.6. The number of hydrogen-bond acceptors (Lipinski definition) is 8. The maximum absolute atomic E-state index is 12.4. The Morgan fingerprint density at radius 3 is 2.33 bits per heavy atom. The summed E-state index contributed by atoms with van der Waals surface area (Å²) >= 11 is 0. The lowest BCUT2D eigenvalue weighted by atomic mass is 10.1. The van der Waals surface area contributed by atoms with Gasteiger partial charge in [0.25, 0.3) is 5.91 Å². The second kappa shape index (κ2) is 9.66. The van der Waals surface area contributed by atoms with Crippen LogP contribution < -0.4 is 5.32 Å². The number of nitrogens with zero attached hydrogens (tertiary/aromatic N) is 4. The van der Waals surface area contributed by atoms with E-state index < -0.39 is 0 Å². The quantitative estimate of drug-likeness (QED) is 0.399. The Balaban J connectivity index is 1.27. The van der Waals surface area contributed by atoms with Crippen molar-refractivity contribution in [3.63, 3.8) is 0 Å². The molecule has 3 heterocycles. The van der Waals surface area contributed by atoms with E-state index in [1.807, 2.05) is 30.3 Å². The van der Waals surface area contributed by atoms with E-state index in [9.17, 15) is 4.79 Å². The van der Waals surface area contributed by atoms with Crippen LogP contribution in [0.3, 0.4) is 0 Å². The summed E-state index contributed by atoms with van der Waals surface area (Å²) in [7, 11) is 0. The Morgan fingerprint density at radius 2 is 1.70 bits per heavy atom. The lowest BCUT2D eigenvalue weighted by molar-refractivity contribution is 0.0942. The van der Waals surface area contributed by atoms with Crippen LogP contribution in [0.4, 0.5) is 0 Å². The third-order valence-corrected chi connectivity index (χ3v) is 4.52. The largest absolute Gasteiger partial charge is 0.364 e. The summed E-state index contributed by atoms with van der Waals surface area (Å²) < 4.78 is 15.1. The summed E-state index contributed by atoms with van der Waals surface area (Å²) in [4.78, 5) is 14.6. The normalized spacial score (nSPS) is 11.1. The zero-order valence-corrected chi connectivity index (χ0v) is 16.2. The maximum atomic E-state index is 12.4. The van der Waals surface area contributed by atoms with Gasteiger partial charge in [0.05, 0.1) is 12.4 Å². The molecule has 0 aliphatic heterocycles. The zero-order valence-electron chi connectivity index (χ0n) is 16.2. The number of rotatable bonds is 10. The van der Waals surface area contributed by atoms with Crippen molar-refractivity contribution in [1.82, 2.24) is 25.7 Å². The molecule has 0 aliphatic rings. The third-order valence-electron chi connectivity index (χ3n) is 4.52. The van der Waals surface area contributed by atoms with Crippen molar-refractivity contribution in [3.8, 4) is 11.3 Å². The molecule has 9 heteroatoms. The van der Waals surface area contributed by atoms with E-state index in [0.717, 1.165) is 29.7 Å². The number of benzene rings is 1. The molecule has 0 radical (unpaired) electrons. The van der Waals surface area contributed by atoms with Crippen LogP contribution in [-0.2, 0) is 13.1 Å². The minimum absolute atomic E-state index is 0.259. The highest BCUT2D eigenvalue weighted by Gasteiger charge is 2.14. The number of hydrogen-bond donors (Lipinski definition) is 1. The molecule has 0 spiro atoms. The van der Waals surface area contributed by atoms with Gasteiger partial charge >= 0.3 is 0 Å². The SMILES string of the molecule is O=C(NCCCN(Cc1cnoc1)Cc1cnoc1)c1cc(-c2ccccc2)on1. The van der Waals surface area contributed by atoms with Crippen LogP contribution in [0.5, 0.6) is 0 Å². The molecule has 4 aromatic rings. The molecule has 1 N–H and O–H groups in total. The third kappa shape index (κ3) is 5.21. The maximum Gasteiger partial charge on any atom is 0.273 e. The Bertz CT molecular complexity index is 993. The standard InChI is InChI=1S/C21H21N5O4/c27-21(19-9-20(30-25-19)18-5-2-1-3-6-18)22-7-4-8-26(12-16-10-23-28-14-16)13-17-11-24-29-15-17/h1-3,5-6,9-11,14-15H,4,7-8,12-13H2,(H,22,27). The summed E-state index contributed by atoms with van der Waals surface area (Å²) in [6.07, 6.45) is 7.38. The first-order valence-corrected chi connectivity index (χ1v) is 9.57. The van der Waals surface area contributed by atoms with Crippen LogP contribution in [0.15, 0.2) is 74.9 Å². The molecule has 0 aliphatic carbocycles. The van der Waals surface area contributed by atoms with Crippen LogP contribution in [0.2, 0.25) is 0 Å². The molecule has 0 fully saturated rings. The first-order chi connectivity index (χ1) is 14.8. The molecule has 0 atom stereocenters. The molecular formula is C21H21N5O4. The zero-order chi connectivity index (χ0) is 20.6. The number of nitrogens with one attached hydrogen (secondary N) is 1. The molecule has 0 saturated carbocycles. The predicted molar refractivity (Wildman–Crippen MR) is 106 cm³/mol. The second-order valence-electron chi connectivity index (χ2n) is 6.83. The van der Waals surface area contributed by atoms with Crippen molar-refractivity contribution in [2.24, 2.45) is 0 Å². The van der Waals surface area contributed by atoms with Gasteiger partial charge in [-0.15, -0.1) is 0 Å². The first-order valence-electron chi connectivity index (χ1n) is 9.57. The number of aromatic nitrogens is 3. The molecule has 154 valence electrons. The lowest BCUT2D eigenvalue weighted by Gasteiger charge is -2.20. The van der Waals surface area contributed by atoms with Gasteiger partial charge in [0.2, 0.25) is 0 Å². The monoisotopic (exact) mass is 407 g/mol. The van der Waals surface area contributed by atoms with Gasteiger partial charge in [-0.2, -0.15) is 0 Å². The van der Waals surface area contributed by atoms with Crippen molar-refractivity contribution in [3.05, 3.63) is 78.1 Å². The van der Waals surface area contributed by atoms with Crippen molar-refractivity contribution in [1.29, 1.82) is 0 Å². The van der Waals surface area contributed by atoms with Crippen LogP contribution >= 0.6 is 0 Å². The lowest BCUT2D eigenvalue weighted by Crippen LogP contribution is -2.29. The fraction of sp³-hybridized carbons (Fsp3) is 0.238. The minimum Gasteiger partial charge on any atom is -0.364 e. The molecule has 1 amide bonds. The van der Waals surface area contributed by atoms with Gasteiger partial charge in [-0.25, -0.2) is 0 Å². The molecule has 1 aromatic carbocycles. The van der Waals surface area contributed by atoms with Gasteiger partial charge in [-0.05, 0) is 6.42 Å². The van der Waals surface area contributed by atoms with Gasteiger partial charge < -0.3 is 18.9 Å². The Hall–Kier alpha value is -3.72. The summed E-state index contributed by atoms with van der Waals surface area (Å²) in [5.74, 6) is 0.305.